The minimum absolute atomic E-state index is 0.235. The molecule has 17 heavy (non-hydrogen) atoms. The fraction of sp³-hybridized carbons (Fsp3) is 0.0909. The highest BCUT2D eigenvalue weighted by atomic mass is 79.9. The van der Waals surface area contributed by atoms with Crippen molar-refractivity contribution in [3.63, 3.8) is 0 Å². The summed E-state index contributed by atoms with van der Waals surface area (Å²) in [5.74, 6) is -0.0198. The molecule has 0 saturated carbocycles. The van der Waals surface area contributed by atoms with Gasteiger partial charge in [-0.3, -0.25) is 4.21 Å². The molecule has 0 saturated heterocycles. The van der Waals surface area contributed by atoms with Gasteiger partial charge in [0.2, 0.25) is 0 Å². The summed E-state index contributed by atoms with van der Waals surface area (Å²) in [6.45, 7) is 0. The third-order valence-electron chi connectivity index (χ3n) is 2.11. The number of nitrogen functional groups attached to an aromatic ring is 1. The normalized spacial score (nSPS) is 12.6. The summed E-state index contributed by atoms with van der Waals surface area (Å²) < 4.78 is 25.9. The van der Waals surface area contributed by atoms with Crippen LogP contribution >= 0.6 is 27.3 Å². The Balaban J connectivity index is 2.20. The number of thiophene rings is 1. The number of halogens is 2. The second-order valence-corrected chi connectivity index (χ2v) is 6.73. The van der Waals surface area contributed by atoms with Crippen molar-refractivity contribution in [2.45, 2.75) is 10.6 Å². The summed E-state index contributed by atoms with van der Waals surface area (Å²) in [6.07, 6.45) is 0. The van der Waals surface area contributed by atoms with Crippen LogP contribution in [0, 0.1) is 5.82 Å². The Bertz CT molecular complexity index is 570. The number of rotatable bonds is 3. The van der Waals surface area contributed by atoms with Gasteiger partial charge in [-0.1, -0.05) is 0 Å². The minimum Gasteiger partial charge on any atom is -0.398 e. The number of nitrogens with two attached hydrogens (primary N) is 1. The predicted octanol–water partition coefficient (Wildman–Crippen LogP) is 3.54. The highest BCUT2D eigenvalue weighted by molar-refractivity contribution is 9.10. The van der Waals surface area contributed by atoms with Crippen LogP contribution < -0.4 is 5.73 Å². The average molecular weight is 334 g/mol. The third kappa shape index (κ3) is 3.14. The maximum Gasteiger partial charge on any atom is 0.125 e. The van der Waals surface area contributed by atoms with E-state index in [1.165, 1.54) is 29.5 Å². The van der Waals surface area contributed by atoms with Crippen molar-refractivity contribution >= 4 is 43.8 Å². The van der Waals surface area contributed by atoms with Crippen molar-refractivity contribution in [3.8, 4) is 0 Å². The molecule has 0 amide bonds. The Hall–Kier alpha value is -0.720. The molecule has 6 heteroatoms. The van der Waals surface area contributed by atoms with Gasteiger partial charge in [0.1, 0.15) is 5.82 Å². The fourth-order valence-corrected chi connectivity index (χ4v) is 4.23. The molecular formula is C11H9BrFNOS2. The van der Waals surface area contributed by atoms with Crippen LogP contribution in [0.25, 0.3) is 0 Å². The Kier molecular flexibility index (Phi) is 3.96. The topological polar surface area (TPSA) is 43.1 Å². The van der Waals surface area contributed by atoms with E-state index < -0.39 is 16.6 Å². The predicted molar refractivity (Wildman–Crippen MR) is 72.9 cm³/mol. The summed E-state index contributed by atoms with van der Waals surface area (Å²) in [7, 11) is -1.24. The van der Waals surface area contributed by atoms with Crippen molar-refractivity contribution < 1.29 is 8.60 Å². The number of hydrogen-bond donors (Lipinski definition) is 1. The Morgan fingerprint density at radius 1 is 1.41 bits per heavy atom. The standard InChI is InChI=1S/C11H9BrFNOS2/c12-7-3-9(16-5-7)6-17(15)11-2-1-8(13)4-10(11)14/h1-5H,6,14H2. The maximum absolute atomic E-state index is 12.9. The van der Waals surface area contributed by atoms with Crippen LogP contribution in [0.3, 0.4) is 0 Å². The Morgan fingerprint density at radius 3 is 2.76 bits per heavy atom. The molecule has 1 heterocycles. The smallest absolute Gasteiger partial charge is 0.125 e. The van der Waals surface area contributed by atoms with Crippen LogP contribution in [0.2, 0.25) is 0 Å². The third-order valence-corrected chi connectivity index (χ3v) is 5.43. The van der Waals surface area contributed by atoms with Crippen molar-refractivity contribution in [3.05, 3.63) is 44.8 Å². The van der Waals surface area contributed by atoms with E-state index in [2.05, 4.69) is 15.9 Å². The molecule has 0 radical (unpaired) electrons. The van der Waals surface area contributed by atoms with Gasteiger partial charge in [-0.05, 0) is 40.2 Å². The number of benzene rings is 1. The average Bonchev–Trinajstić information content (AvgIpc) is 2.63. The first-order valence-electron chi connectivity index (χ1n) is 4.72. The van der Waals surface area contributed by atoms with E-state index in [-0.39, 0.29) is 5.69 Å². The molecule has 2 N–H and O–H groups in total. The molecule has 2 aromatic rings. The van der Waals surface area contributed by atoms with Crippen LogP contribution in [0.4, 0.5) is 10.1 Å². The summed E-state index contributed by atoms with van der Waals surface area (Å²) in [5.41, 5.74) is 5.88. The molecule has 0 aliphatic rings. The molecule has 0 fully saturated rings. The van der Waals surface area contributed by atoms with Gasteiger partial charge in [-0.15, -0.1) is 11.3 Å². The van der Waals surface area contributed by atoms with Crippen molar-refractivity contribution in [2.75, 3.05) is 5.73 Å². The zero-order chi connectivity index (χ0) is 12.4. The Morgan fingerprint density at radius 2 is 2.18 bits per heavy atom. The largest absolute Gasteiger partial charge is 0.398 e. The van der Waals surface area contributed by atoms with E-state index in [1.807, 2.05) is 11.4 Å². The maximum atomic E-state index is 12.9. The lowest BCUT2D eigenvalue weighted by atomic mass is 10.3. The number of anilines is 1. The quantitative estimate of drug-likeness (QED) is 0.873. The molecule has 1 unspecified atom stereocenters. The first-order valence-corrected chi connectivity index (χ1v) is 7.72. The van der Waals surface area contributed by atoms with Gasteiger partial charge in [-0.25, -0.2) is 4.39 Å². The second kappa shape index (κ2) is 5.29. The molecule has 1 aromatic heterocycles. The Labute approximate surface area is 113 Å². The lowest BCUT2D eigenvalue weighted by molar-refractivity contribution is 0.627. The highest BCUT2D eigenvalue weighted by Crippen LogP contribution is 2.25. The first-order chi connectivity index (χ1) is 8.06. The van der Waals surface area contributed by atoms with Crippen LogP contribution in [0.5, 0.6) is 0 Å². The van der Waals surface area contributed by atoms with E-state index in [4.69, 9.17) is 5.73 Å². The lowest BCUT2D eigenvalue weighted by Crippen LogP contribution is -2.00. The van der Waals surface area contributed by atoms with Crippen LogP contribution in [-0.4, -0.2) is 4.21 Å². The molecule has 1 aromatic carbocycles. The SMILES string of the molecule is Nc1cc(F)ccc1S(=O)Cc1cc(Br)cs1. The van der Waals surface area contributed by atoms with Crippen molar-refractivity contribution in [2.24, 2.45) is 0 Å². The molecule has 2 rings (SSSR count). The van der Waals surface area contributed by atoms with E-state index in [1.54, 1.807) is 0 Å². The van der Waals surface area contributed by atoms with Gasteiger partial charge in [0.15, 0.2) is 0 Å². The van der Waals surface area contributed by atoms with Crippen LogP contribution in [0.1, 0.15) is 4.88 Å². The van der Waals surface area contributed by atoms with Gasteiger partial charge in [0.05, 0.1) is 27.1 Å². The first kappa shape index (κ1) is 12.7. The fourth-order valence-electron chi connectivity index (χ4n) is 1.36. The van der Waals surface area contributed by atoms with E-state index in [0.717, 1.165) is 9.35 Å². The summed E-state index contributed by atoms with van der Waals surface area (Å²) in [5, 5.41) is 1.93. The summed E-state index contributed by atoms with van der Waals surface area (Å²) >= 11 is 4.87. The zero-order valence-electron chi connectivity index (χ0n) is 8.65. The summed E-state index contributed by atoms with van der Waals surface area (Å²) in [4.78, 5) is 1.48. The molecule has 0 aliphatic heterocycles. The van der Waals surface area contributed by atoms with Gasteiger partial charge >= 0.3 is 0 Å². The van der Waals surface area contributed by atoms with Gasteiger partial charge in [-0.2, -0.15) is 0 Å². The molecule has 0 aliphatic carbocycles. The molecule has 90 valence electrons. The van der Waals surface area contributed by atoms with Gasteiger partial charge in [0, 0.05) is 14.7 Å². The number of hydrogen-bond acceptors (Lipinski definition) is 3. The van der Waals surface area contributed by atoms with Gasteiger partial charge < -0.3 is 5.73 Å². The molecule has 0 bridgehead atoms. The minimum atomic E-state index is -1.24. The highest BCUT2D eigenvalue weighted by Gasteiger charge is 2.10. The lowest BCUT2D eigenvalue weighted by Gasteiger charge is -2.04. The monoisotopic (exact) mass is 333 g/mol. The second-order valence-electron chi connectivity index (χ2n) is 3.40. The van der Waals surface area contributed by atoms with Crippen LogP contribution in [-0.2, 0) is 16.6 Å². The zero-order valence-corrected chi connectivity index (χ0v) is 11.9. The van der Waals surface area contributed by atoms with Gasteiger partial charge in [0.25, 0.3) is 0 Å². The van der Waals surface area contributed by atoms with E-state index in [0.29, 0.717) is 10.6 Å². The van der Waals surface area contributed by atoms with Crippen molar-refractivity contribution in [1.29, 1.82) is 0 Å². The van der Waals surface area contributed by atoms with E-state index >= 15 is 0 Å². The molecule has 2 nitrogen and oxygen atoms in total. The van der Waals surface area contributed by atoms with Crippen molar-refractivity contribution in [1.82, 2.24) is 0 Å². The van der Waals surface area contributed by atoms with E-state index in [9.17, 15) is 8.60 Å². The molecule has 0 spiro atoms. The molecule has 1 atom stereocenters. The summed E-state index contributed by atoms with van der Waals surface area (Å²) in [6, 6.07) is 5.86. The molecular weight excluding hydrogens is 325 g/mol. The van der Waals surface area contributed by atoms with Crippen LogP contribution in [0.15, 0.2) is 39.0 Å².